The van der Waals surface area contributed by atoms with Gasteiger partial charge in [0.25, 0.3) is 0 Å². The van der Waals surface area contributed by atoms with Gasteiger partial charge in [0, 0.05) is 29.1 Å². The van der Waals surface area contributed by atoms with E-state index >= 15 is 0 Å². The molecule has 2 aromatic carbocycles. The van der Waals surface area contributed by atoms with Crippen LogP contribution in [0.25, 0.3) is 33.5 Å². The highest BCUT2D eigenvalue weighted by Gasteiger charge is 2.20. The molecule has 1 saturated carbocycles. The quantitative estimate of drug-likeness (QED) is 0.380. The highest BCUT2D eigenvalue weighted by molar-refractivity contribution is 7.99. The van der Waals surface area contributed by atoms with E-state index in [0.29, 0.717) is 18.3 Å². The summed E-state index contributed by atoms with van der Waals surface area (Å²) in [7, 11) is 0. The van der Waals surface area contributed by atoms with Gasteiger partial charge in [-0.1, -0.05) is 73.1 Å². The average Bonchev–Trinajstić information content (AvgIpc) is 3.52. The van der Waals surface area contributed by atoms with Crippen LogP contribution in [0.5, 0.6) is 0 Å². The third-order valence-electron chi connectivity index (χ3n) is 6.11. The Morgan fingerprint density at radius 1 is 1.06 bits per heavy atom. The van der Waals surface area contributed by atoms with Crippen LogP contribution < -0.4 is 5.32 Å². The van der Waals surface area contributed by atoms with Crippen LogP contribution in [0.4, 0.5) is 0 Å². The van der Waals surface area contributed by atoms with E-state index in [1.807, 2.05) is 36.4 Å². The van der Waals surface area contributed by atoms with Gasteiger partial charge in [0.05, 0.1) is 17.0 Å². The molecule has 168 valence electrons. The van der Waals surface area contributed by atoms with Gasteiger partial charge in [-0.15, -0.1) is 10.2 Å². The number of pyridine rings is 1. The van der Waals surface area contributed by atoms with Gasteiger partial charge in [0.1, 0.15) is 0 Å². The van der Waals surface area contributed by atoms with E-state index in [1.165, 1.54) is 24.6 Å². The van der Waals surface area contributed by atoms with Crippen molar-refractivity contribution < 1.29 is 4.79 Å². The molecule has 2 aromatic heterocycles. The molecule has 1 aliphatic carbocycles. The largest absolute Gasteiger partial charge is 0.353 e. The van der Waals surface area contributed by atoms with Gasteiger partial charge in [-0.25, -0.2) is 4.98 Å². The Bertz CT molecular complexity index is 1260. The topological polar surface area (TPSA) is 72.7 Å². The molecule has 0 spiro atoms. The summed E-state index contributed by atoms with van der Waals surface area (Å²) >= 11 is 1.45. The van der Waals surface area contributed by atoms with Gasteiger partial charge < -0.3 is 9.88 Å². The highest BCUT2D eigenvalue weighted by Crippen LogP contribution is 2.33. The van der Waals surface area contributed by atoms with Crippen molar-refractivity contribution >= 4 is 28.6 Å². The van der Waals surface area contributed by atoms with Crippen LogP contribution in [0, 0.1) is 0 Å². The Hall–Kier alpha value is -3.19. The Labute approximate surface area is 197 Å². The molecule has 0 aliphatic heterocycles. The highest BCUT2D eigenvalue weighted by atomic mass is 32.2. The summed E-state index contributed by atoms with van der Waals surface area (Å²) in [5.74, 6) is 1.22. The van der Waals surface area contributed by atoms with E-state index in [-0.39, 0.29) is 5.91 Å². The molecule has 0 radical (unpaired) electrons. The number of thioether (sulfide) groups is 1. The maximum absolute atomic E-state index is 12.4. The molecule has 4 aromatic rings. The summed E-state index contributed by atoms with van der Waals surface area (Å²) in [6, 6.07) is 20.7. The number of aromatic nitrogens is 4. The molecular formula is C26H27N5OS. The predicted molar refractivity (Wildman–Crippen MR) is 133 cm³/mol. The number of amides is 1. The number of nitrogens with one attached hydrogen (secondary N) is 1. The van der Waals surface area contributed by atoms with E-state index in [0.717, 1.165) is 51.5 Å². The van der Waals surface area contributed by atoms with E-state index < -0.39 is 0 Å². The summed E-state index contributed by atoms with van der Waals surface area (Å²) in [5.41, 5.74) is 3.88. The minimum atomic E-state index is 0.0693. The number of hydrogen-bond acceptors (Lipinski definition) is 5. The molecule has 0 atom stereocenters. The Balaban J connectivity index is 1.47. The number of carbonyl (C=O) groups is 1. The van der Waals surface area contributed by atoms with Crippen LogP contribution in [0.15, 0.2) is 65.8 Å². The van der Waals surface area contributed by atoms with Crippen molar-refractivity contribution in [1.82, 2.24) is 25.1 Å². The summed E-state index contributed by atoms with van der Waals surface area (Å²) in [5, 5.41) is 14.0. The number of para-hydroxylation sites is 1. The molecule has 2 heterocycles. The van der Waals surface area contributed by atoms with Crippen molar-refractivity contribution in [3.8, 4) is 22.6 Å². The van der Waals surface area contributed by atoms with Crippen LogP contribution >= 0.6 is 11.8 Å². The monoisotopic (exact) mass is 457 g/mol. The van der Waals surface area contributed by atoms with E-state index in [2.05, 4.69) is 51.3 Å². The van der Waals surface area contributed by atoms with Crippen molar-refractivity contribution in [2.45, 2.75) is 50.4 Å². The van der Waals surface area contributed by atoms with E-state index in [9.17, 15) is 4.79 Å². The SMILES string of the molecule is CCn1c(SCC(=O)NC2CCCC2)nnc1-c1cc(-c2ccccc2)nc2ccccc12. The number of carbonyl (C=O) groups excluding carboxylic acids is 1. The maximum Gasteiger partial charge on any atom is 0.230 e. The van der Waals surface area contributed by atoms with Crippen LogP contribution in [-0.4, -0.2) is 37.5 Å². The first kappa shape index (κ1) is 21.6. The molecule has 1 N–H and O–H groups in total. The van der Waals surface area contributed by atoms with E-state index in [4.69, 9.17) is 4.98 Å². The van der Waals surface area contributed by atoms with Gasteiger partial charge in [-0.05, 0) is 31.9 Å². The smallest absolute Gasteiger partial charge is 0.230 e. The van der Waals surface area contributed by atoms with Crippen LogP contribution in [0.2, 0.25) is 0 Å². The standard InChI is InChI=1S/C26H27N5OS/c1-2-31-25(29-30-26(31)33-17-24(32)27-19-12-6-7-13-19)21-16-23(18-10-4-3-5-11-18)28-22-15-9-8-14-20(21)22/h3-5,8-11,14-16,19H,2,6-7,12-13,17H2,1H3,(H,27,32). The second kappa shape index (κ2) is 9.75. The lowest BCUT2D eigenvalue weighted by Gasteiger charge is -2.13. The lowest BCUT2D eigenvalue weighted by Crippen LogP contribution is -2.33. The average molecular weight is 458 g/mol. The Kier molecular flexibility index (Phi) is 6.39. The zero-order valence-electron chi connectivity index (χ0n) is 18.7. The minimum Gasteiger partial charge on any atom is -0.353 e. The van der Waals surface area contributed by atoms with Gasteiger partial charge in [-0.3, -0.25) is 4.79 Å². The fourth-order valence-electron chi connectivity index (χ4n) is 4.47. The fourth-order valence-corrected chi connectivity index (χ4v) is 5.28. The van der Waals surface area contributed by atoms with Crippen LogP contribution in [-0.2, 0) is 11.3 Å². The number of fused-ring (bicyclic) bond motifs is 1. The van der Waals surface area contributed by atoms with Crippen molar-refractivity contribution in [1.29, 1.82) is 0 Å². The molecule has 0 unspecified atom stereocenters. The first-order valence-corrected chi connectivity index (χ1v) is 12.5. The molecule has 1 aliphatic rings. The zero-order chi connectivity index (χ0) is 22.6. The van der Waals surface area contributed by atoms with Crippen molar-refractivity contribution in [2.24, 2.45) is 0 Å². The fraction of sp³-hybridized carbons (Fsp3) is 0.308. The normalized spacial score (nSPS) is 14.1. The van der Waals surface area contributed by atoms with Crippen molar-refractivity contribution in [3.63, 3.8) is 0 Å². The van der Waals surface area contributed by atoms with Crippen molar-refractivity contribution in [3.05, 3.63) is 60.7 Å². The van der Waals surface area contributed by atoms with Crippen LogP contribution in [0.3, 0.4) is 0 Å². The predicted octanol–water partition coefficient (Wildman–Crippen LogP) is 5.33. The second-order valence-corrected chi connectivity index (χ2v) is 9.27. The molecule has 6 nitrogen and oxygen atoms in total. The lowest BCUT2D eigenvalue weighted by atomic mass is 10.0. The summed E-state index contributed by atoms with van der Waals surface area (Å²) < 4.78 is 2.09. The van der Waals surface area contributed by atoms with E-state index in [1.54, 1.807) is 0 Å². The number of rotatable bonds is 7. The number of hydrogen-bond donors (Lipinski definition) is 1. The lowest BCUT2D eigenvalue weighted by molar-refractivity contribution is -0.119. The summed E-state index contributed by atoms with van der Waals surface area (Å²) in [4.78, 5) is 17.3. The first-order chi connectivity index (χ1) is 16.2. The molecule has 7 heteroatoms. The minimum absolute atomic E-state index is 0.0693. The van der Waals surface area contributed by atoms with Crippen LogP contribution in [0.1, 0.15) is 32.6 Å². The third kappa shape index (κ3) is 4.64. The van der Waals surface area contributed by atoms with Gasteiger partial charge in [0.2, 0.25) is 5.91 Å². The molecule has 0 saturated heterocycles. The summed E-state index contributed by atoms with van der Waals surface area (Å²) in [6.07, 6.45) is 4.59. The summed E-state index contributed by atoms with van der Waals surface area (Å²) in [6.45, 7) is 2.79. The molecule has 1 fully saturated rings. The molecule has 0 bridgehead atoms. The first-order valence-electron chi connectivity index (χ1n) is 11.5. The second-order valence-electron chi connectivity index (χ2n) is 8.33. The zero-order valence-corrected chi connectivity index (χ0v) is 19.5. The van der Waals surface area contributed by atoms with Gasteiger partial charge >= 0.3 is 0 Å². The van der Waals surface area contributed by atoms with Gasteiger partial charge in [-0.2, -0.15) is 0 Å². The Morgan fingerprint density at radius 2 is 1.82 bits per heavy atom. The van der Waals surface area contributed by atoms with Crippen molar-refractivity contribution in [2.75, 3.05) is 5.75 Å². The molecular weight excluding hydrogens is 430 g/mol. The molecule has 33 heavy (non-hydrogen) atoms. The molecule has 5 rings (SSSR count). The number of benzene rings is 2. The maximum atomic E-state index is 12.4. The third-order valence-corrected chi connectivity index (χ3v) is 7.08. The van der Waals surface area contributed by atoms with Gasteiger partial charge in [0.15, 0.2) is 11.0 Å². The Morgan fingerprint density at radius 3 is 2.61 bits per heavy atom. The number of nitrogens with zero attached hydrogens (tertiary/aromatic N) is 4. The molecule has 1 amide bonds.